The fraction of sp³-hybridized carbons (Fsp3) is 0.400. The zero-order valence-corrected chi connectivity index (χ0v) is 9.25. The molecule has 1 atom stereocenters. The normalized spacial score (nSPS) is 20.2. The van der Waals surface area contributed by atoms with Crippen LogP contribution in [0.2, 0.25) is 0 Å². The van der Waals surface area contributed by atoms with Gasteiger partial charge in [-0.2, -0.15) is 0 Å². The topological polar surface area (TPSA) is 41.5 Å². The van der Waals surface area contributed by atoms with Crippen molar-refractivity contribution < 1.29 is 9.84 Å². The molecule has 0 saturated carbocycles. The van der Waals surface area contributed by atoms with Crippen LogP contribution in [0.4, 0.5) is 0 Å². The van der Waals surface area contributed by atoms with Gasteiger partial charge in [0.15, 0.2) is 0 Å². The Labute approximate surface area is 91.2 Å². The predicted octanol–water partition coefficient (Wildman–Crippen LogP) is 1.90. The molecule has 1 fully saturated rings. The van der Waals surface area contributed by atoms with Gasteiger partial charge in [0.2, 0.25) is 0 Å². The third kappa shape index (κ3) is 2.19. The van der Waals surface area contributed by atoms with Gasteiger partial charge in [-0.05, 0) is 41.0 Å². The number of halogens is 1. The molecule has 2 rings (SSSR count). The van der Waals surface area contributed by atoms with Crippen LogP contribution in [0.25, 0.3) is 0 Å². The lowest BCUT2D eigenvalue weighted by atomic mass is 10.1. The van der Waals surface area contributed by atoms with Gasteiger partial charge in [0.25, 0.3) is 0 Å². The first kappa shape index (κ1) is 9.80. The molecule has 1 aromatic rings. The Balaban J connectivity index is 1.96. The van der Waals surface area contributed by atoms with Crippen LogP contribution in [-0.2, 0) is 0 Å². The number of hydrogen-bond acceptors (Lipinski definition) is 3. The van der Waals surface area contributed by atoms with E-state index in [1.54, 1.807) is 18.2 Å². The lowest BCUT2D eigenvalue weighted by Gasteiger charge is -2.27. The minimum atomic E-state index is 0.227. The Hall–Kier alpha value is -0.740. The Morgan fingerprint density at radius 2 is 2.36 bits per heavy atom. The van der Waals surface area contributed by atoms with Crippen LogP contribution in [0, 0.1) is 0 Å². The number of rotatable bonds is 3. The highest BCUT2D eigenvalue weighted by atomic mass is 79.9. The van der Waals surface area contributed by atoms with E-state index in [4.69, 9.17) is 4.74 Å². The van der Waals surface area contributed by atoms with Crippen LogP contribution in [0.15, 0.2) is 22.7 Å². The molecule has 0 radical (unpaired) electrons. The third-order valence-corrected chi connectivity index (χ3v) is 2.94. The van der Waals surface area contributed by atoms with E-state index in [0.29, 0.717) is 18.4 Å². The molecule has 4 heteroatoms. The van der Waals surface area contributed by atoms with E-state index in [1.807, 2.05) is 0 Å². The maximum Gasteiger partial charge on any atom is 0.137 e. The quantitative estimate of drug-likeness (QED) is 0.870. The van der Waals surface area contributed by atoms with Crippen LogP contribution in [0.5, 0.6) is 11.5 Å². The first-order chi connectivity index (χ1) is 6.75. The monoisotopic (exact) mass is 257 g/mol. The summed E-state index contributed by atoms with van der Waals surface area (Å²) in [5.41, 5.74) is 0. The van der Waals surface area contributed by atoms with E-state index in [2.05, 4.69) is 21.2 Å². The Bertz CT molecular complexity index is 326. The van der Waals surface area contributed by atoms with E-state index < -0.39 is 0 Å². The highest BCUT2D eigenvalue weighted by molar-refractivity contribution is 9.10. The molecule has 1 aliphatic rings. The molecule has 0 bridgehead atoms. The van der Waals surface area contributed by atoms with Gasteiger partial charge in [-0.3, -0.25) is 0 Å². The Morgan fingerprint density at radius 3 is 3.00 bits per heavy atom. The molecule has 1 aliphatic heterocycles. The summed E-state index contributed by atoms with van der Waals surface area (Å²) >= 11 is 3.36. The van der Waals surface area contributed by atoms with Crippen LogP contribution in [0.1, 0.15) is 6.42 Å². The summed E-state index contributed by atoms with van der Waals surface area (Å²) in [5, 5.41) is 12.5. The zero-order chi connectivity index (χ0) is 9.97. The molecule has 0 aliphatic carbocycles. The summed E-state index contributed by atoms with van der Waals surface area (Å²) in [4.78, 5) is 0. The number of aromatic hydroxyl groups is 1. The smallest absolute Gasteiger partial charge is 0.137 e. The van der Waals surface area contributed by atoms with Crippen molar-refractivity contribution in [1.29, 1.82) is 0 Å². The second-order valence-electron chi connectivity index (χ2n) is 3.37. The molecule has 2 N–H and O–H groups in total. The molecule has 0 spiro atoms. The molecule has 76 valence electrons. The third-order valence-electron chi connectivity index (χ3n) is 2.28. The van der Waals surface area contributed by atoms with Crippen molar-refractivity contribution in [2.75, 3.05) is 13.2 Å². The number of nitrogens with one attached hydrogen (secondary N) is 1. The standard InChI is InChI=1S/C10H12BrNO2/c11-9-2-1-8(13)5-10(9)14-6-7-3-4-12-7/h1-2,5,7,12-13H,3-4,6H2. The number of phenols is 1. The molecule has 0 amide bonds. The maximum absolute atomic E-state index is 9.26. The molecular formula is C10H12BrNO2. The fourth-order valence-electron chi connectivity index (χ4n) is 1.28. The number of benzene rings is 1. The van der Waals surface area contributed by atoms with Gasteiger partial charge in [-0.15, -0.1) is 0 Å². The van der Waals surface area contributed by atoms with Gasteiger partial charge < -0.3 is 15.2 Å². The molecule has 1 heterocycles. The Morgan fingerprint density at radius 1 is 1.57 bits per heavy atom. The minimum Gasteiger partial charge on any atom is -0.508 e. The summed E-state index contributed by atoms with van der Waals surface area (Å²) in [6.07, 6.45) is 1.16. The second-order valence-corrected chi connectivity index (χ2v) is 4.22. The summed E-state index contributed by atoms with van der Waals surface area (Å²) < 4.78 is 6.42. The lowest BCUT2D eigenvalue weighted by Crippen LogP contribution is -2.46. The van der Waals surface area contributed by atoms with Crippen LogP contribution >= 0.6 is 15.9 Å². The average Bonchev–Trinajstić information content (AvgIpc) is 2.08. The molecule has 1 saturated heterocycles. The van der Waals surface area contributed by atoms with E-state index in [-0.39, 0.29) is 5.75 Å². The van der Waals surface area contributed by atoms with Crippen molar-refractivity contribution in [3.8, 4) is 11.5 Å². The van der Waals surface area contributed by atoms with Gasteiger partial charge in [0, 0.05) is 12.1 Å². The number of hydrogen-bond donors (Lipinski definition) is 2. The number of ether oxygens (including phenoxy) is 1. The average molecular weight is 258 g/mol. The van der Waals surface area contributed by atoms with E-state index in [1.165, 1.54) is 0 Å². The molecular weight excluding hydrogens is 246 g/mol. The largest absolute Gasteiger partial charge is 0.508 e. The summed E-state index contributed by atoms with van der Waals surface area (Å²) in [6.45, 7) is 1.73. The molecule has 14 heavy (non-hydrogen) atoms. The summed E-state index contributed by atoms with van der Waals surface area (Å²) in [7, 11) is 0. The second kappa shape index (κ2) is 4.19. The van der Waals surface area contributed by atoms with Crippen LogP contribution in [-0.4, -0.2) is 24.3 Å². The molecule has 3 nitrogen and oxygen atoms in total. The predicted molar refractivity (Wildman–Crippen MR) is 57.7 cm³/mol. The van der Waals surface area contributed by atoms with Gasteiger partial charge >= 0.3 is 0 Å². The minimum absolute atomic E-state index is 0.227. The van der Waals surface area contributed by atoms with E-state index in [0.717, 1.165) is 17.4 Å². The lowest BCUT2D eigenvalue weighted by molar-refractivity contribution is 0.216. The van der Waals surface area contributed by atoms with E-state index in [9.17, 15) is 5.11 Å². The Kier molecular flexibility index (Phi) is 2.93. The summed E-state index contributed by atoms with van der Waals surface area (Å²) in [6, 6.07) is 5.48. The fourth-order valence-corrected chi connectivity index (χ4v) is 1.64. The van der Waals surface area contributed by atoms with Crippen molar-refractivity contribution in [2.24, 2.45) is 0 Å². The van der Waals surface area contributed by atoms with E-state index >= 15 is 0 Å². The molecule has 1 unspecified atom stereocenters. The van der Waals surface area contributed by atoms with Crippen molar-refractivity contribution >= 4 is 15.9 Å². The number of phenolic OH excluding ortho intramolecular Hbond substituents is 1. The summed E-state index contributed by atoms with van der Waals surface area (Å²) in [5.74, 6) is 0.920. The zero-order valence-electron chi connectivity index (χ0n) is 7.66. The van der Waals surface area contributed by atoms with Crippen molar-refractivity contribution in [3.05, 3.63) is 22.7 Å². The van der Waals surface area contributed by atoms with Crippen molar-refractivity contribution in [1.82, 2.24) is 5.32 Å². The van der Waals surface area contributed by atoms with Crippen LogP contribution < -0.4 is 10.1 Å². The van der Waals surface area contributed by atoms with Gasteiger partial charge in [0.05, 0.1) is 4.47 Å². The highest BCUT2D eigenvalue weighted by Gasteiger charge is 2.17. The SMILES string of the molecule is Oc1ccc(Br)c(OCC2CCN2)c1. The van der Waals surface area contributed by atoms with Crippen molar-refractivity contribution in [2.45, 2.75) is 12.5 Å². The first-order valence-corrected chi connectivity index (χ1v) is 5.40. The van der Waals surface area contributed by atoms with Gasteiger partial charge in [-0.1, -0.05) is 0 Å². The van der Waals surface area contributed by atoms with Crippen molar-refractivity contribution in [3.63, 3.8) is 0 Å². The van der Waals surface area contributed by atoms with Crippen LogP contribution in [0.3, 0.4) is 0 Å². The maximum atomic E-state index is 9.26. The molecule has 1 aromatic carbocycles. The first-order valence-electron chi connectivity index (χ1n) is 4.60. The van der Waals surface area contributed by atoms with Gasteiger partial charge in [0.1, 0.15) is 18.1 Å². The highest BCUT2D eigenvalue weighted by Crippen LogP contribution is 2.28. The van der Waals surface area contributed by atoms with Gasteiger partial charge in [-0.25, -0.2) is 0 Å². The molecule has 0 aromatic heterocycles.